The largest absolute Gasteiger partial charge is 0.497 e. The zero-order chi connectivity index (χ0) is 27.5. The molecular weight excluding hydrogens is 514 g/mol. The SMILES string of the molecule is COc1ccc(COC(=O)C2=C(C)NC3=CC(c4cccs4)CC(=O)C3C2c2ccc(OC)c(OC)c2)cc1. The number of hydrogen-bond acceptors (Lipinski definition) is 8. The van der Waals surface area contributed by atoms with Crippen LogP contribution in [0.5, 0.6) is 17.2 Å². The van der Waals surface area contributed by atoms with E-state index in [4.69, 9.17) is 18.9 Å². The lowest BCUT2D eigenvalue weighted by molar-refractivity contribution is -0.141. The van der Waals surface area contributed by atoms with E-state index in [1.807, 2.05) is 54.8 Å². The number of allylic oxidation sites excluding steroid dienone is 3. The second kappa shape index (κ2) is 11.4. The molecule has 3 unspecified atom stereocenters. The van der Waals surface area contributed by atoms with E-state index in [0.717, 1.165) is 27.5 Å². The third kappa shape index (κ3) is 5.29. The number of nitrogens with one attached hydrogen (secondary N) is 1. The maximum Gasteiger partial charge on any atom is 0.336 e. The number of methoxy groups -OCH3 is 3. The molecule has 0 amide bonds. The van der Waals surface area contributed by atoms with Crippen LogP contribution in [0.25, 0.3) is 0 Å². The van der Waals surface area contributed by atoms with Crippen LogP contribution in [0, 0.1) is 5.92 Å². The third-order valence-electron chi connectivity index (χ3n) is 7.29. The topological polar surface area (TPSA) is 83.1 Å². The molecule has 7 nitrogen and oxygen atoms in total. The van der Waals surface area contributed by atoms with Gasteiger partial charge in [0.15, 0.2) is 11.5 Å². The molecule has 0 fully saturated rings. The Morgan fingerprint density at radius 1 is 0.974 bits per heavy atom. The van der Waals surface area contributed by atoms with Gasteiger partial charge in [-0.1, -0.05) is 30.3 Å². The summed E-state index contributed by atoms with van der Waals surface area (Å²) in [4.78, 5) is 28.6. The molecule has 0 saturated heterocycles. The molecule has 1 aliphatic heterocycles. The number of Topliss-reactive ketones (excluding diaryl/α,β-unsaturated/α-hetero) is 1. The Hall–Kier alpha value is -4.04. The molecule has 39 heavy (non-hydrogen) atoms. The third-order valence-corrected chi connectivity index (χ3v) is 8.29. The highest BCUT2D eigenvalue weighted by Crippen LogP contribution is 2.48. The summed E-state index contributed by atoms with van der Waals surface area (Å²) >= 11 is 1.64. The van der Waals surface area contributed by atoms with Crippen molar-refractivity contribution in [3.63, 3.8) is 0 Å². The van der Waals surface area contributed by atoms with Gasteiger partial charge in [-0.2, -0.15) is 0 Å². The molecule has 3 atom stereocenters. The first-order valence-electron chi connectivity index (χ1n) is 12.7. The Morgan fingerprint density at radius 2 is 1.74 bits per heavy atom. The van der Waals surface area contributed by atoms with Crippen molar-refractivity contribution in [3.05, 3.63) is 99.0 Å². The summed E-state index contributed by atoms with van der Waals surface area (Å²) in [7, 11) is 4.74. The summed E-state index contributed by atoms with van der Waals surface area (Å²) in [6, 6.07) is 16.9. The molecule has 0 radical (unpaired) electrons. The van der Waals surface area contributed by atoms with Crippen molar-refractivity contribution in [1.29, 1.82) is 0 Å². The van der Waals surface area contributed by atoms with Gasteiger partial charge in [0.2, 0.25) is 0 Å². The van der Waals surface area contributed by atoms with Crippen LogP contribution in [-0.4, -0.2) is 33.1 Å². The van der Waals surface area contributed by atoms with E-state index < -0.39 is 17.8 Å². The van der Waals surface area contributed by atoms with Crippen LogP contribution < -0.4 is 19.5 Å². The highest BCUT2D eigenvalue weighted by molar-refractivity contribution is 7.10. The fraction of sp³-hybridized carbons (Fsp3) is 0.290. The van der Waals surface area contributed by atoms with Crippen LogP contribution in [0.4, 0.5) is 0 Å². The van der Waals surface area contributed by atoms with Crippen LogP contribution in [-0.2, 0) is 20.9 Å². The highest BCUT2D eigenvalue weighted by Gasteiger charge is 2.45. The second-order valence-corrected chi connectivity index (χ2v) is 10.6. The van der Waals surface area contributed by atoms with Crippen LogP contribution in [0.1, 0.15) is 41.2 Å². The number of esters is 1. The van der Waals surface area contributed by atoms with Crippen LogP contribution >= 0.6 is 11.3 Å². The molecule has 0 spiro atoms. The van der Waals surface area contributed by atoms with Crippen LogP contribution in [0.3, 0.4) is 0 Å². The lowest BCUT2D eigenvalue weighted by Gasteiger charge is -2.39. The average Bonchev–Trinajstić information content (AvgIpc) is 3.50. The molecule has 202 valence electrons. The summed E-state index contributed by atoms with van der Waals surface area (Å²) in [5.74, 6) is 0.340. The first kappa shape index (κ1) is 26.6. The minimum atomic E-state index is -0.549. The van der Waals surface area contributed by atoms with Crippen LogP contribution in [0.15, 0.2) is 83.0 Å². The Labute approximate surface area is 232 Å². The molecule has 1 aliphatic carbocycles. The number of carbonyl (C=O) groups excluding carboxylic acids is 2. The second-order valence-electron chi connectivity index (χ2n) is 9.57. The predicted octanol–water partition coefficient (Wildman–Crippen LogP) is 5.73. The number of rotatable bonds is 8. The minimum absolute atomic E-state index is 0.00122. The zero-order valence-corrected chi connectivity index (χ0v) is 23.2. The smallest absolute Gasteiger partial charge is 0.336 e. The zero-order valence-electron chi connectivity index (χ0n) is 22.4. The Morgan fingerprint density at radius 3 is 2.41 bits per heavy atom. The molecule has 3 aromatic rings. The summed E-state index contributed by atoms with van der Waals surface area (Å²) in [6.45, 7) is 1.95. The molecule has 0 bridgehead atoms. The number of ketones is 1. The molecule has 5 rings (SSSR count). The van der Waals surface area contributed by atoms with Gasteiger partial charge in [0.1, 0.15) is 18.1 Å². The fourth-order valence-corrected chi connectivity index (χ4v) is 6.18. The Balaban J connectivity index is 1.53. The number of ether oxygens (including phenoxy) is 4. The summed E-state index contributed by atoms with van der Waals surface area (Å²) in [5, 5.41) is 5.41. The molecule has 2 aromatic carbocycles. The summed E-state index contributed by atoms with van der Waals surface area (Å²) < 4.78 is 22.0. The van der Waals surface area contributed by atoms with E-state index in [9.17, 15) is 9.59 Å². The molecule has 1 aromatic heterocycles. The molecule has 2 heterocycles. The van der Waals surface area contributed by atoms with Gasteiger partial charge in [0, 0.05) is 34.5 Å². The molecule has 1 N–H and O–H groups in total. The summed E-state index contributed by atoms with van der Waals surface area (Å²) in [6.07, 6.45) is 2.50. The normalized spacial score (nSPS) is 20.5. The van der Waals surface area contributed by atoms with E-state index in [-0.39, 0.29) is 18.3 Å². The monoisotopic (exact) mass is 545 g/mol. The van der Waals surface area contributed by atoms with Gasteiger partial charge in [-0.3, -0.25) is 4.79 Å². The van der Waals surface area contributed by atoms with E-state index in [2.05, 4.69) is 17.5 Å². The molecule has 8 heteroatoms. The quantitative estimate of drug-likeness (QED) is 0.362. The van der Waals surface area contributed by atoms with Gasteiger partial charge in [0.05, 0.1) is 32.8 Å². The van der Waals surface area contributed by atoms with Crippen molar-refractivity contribution in [1.82, 2.24) is 5.32 Å². The number of carbonyl (C=O) groups is 2. The highest BCUT2D eigenvalue weighted by atomic mass is 32.1. The molecule has 0 saturated carbocycles. The Bertz CT molecular complexity index is 1420. The van der Waals surface area contributed by atoms with Gasteiger partial charge in [0.25, 0.3) is 0 Å². The lowest BCUT2D eigenvalue weighted by atomic mass is 9.69. The van der Waals surface area contributed by atoms with Gasteiger partial charge in [-0.25, -0.2) is 4.79 Å². The van der Waals surface area contributed by atoms with E-state index in [1.165, 1.54) is 0 Å². The van der Waals surface area contributed by atoms with Gasteiger partial charge in [-0.05, 0) is 53.8 Å². The van der Waals surface area contributed by atoms with Crippen molar-refractivity contribution in [2.24, 2.45) is 5.92 Å². The van der Waals surface area contributed by atoms with Gasteiger partial charge in [-0.15, -0.1) is 11.3 Å². The van der Waals surface area contributed by atoms with Crippen molar-refractivity contribution < 1.29 is 28.5 Å². The van der Waals surface area contributed by atoms with Crippen molar-refractivity contribution in [2.75, 3.05) is 21.3 Å². The number of hydrogen-bond donors (Lipinski definition) is 1. The van der Waals surface area contributed by atoms with Crippen molar-refractivity contribution in [2.45, 2.75) is 31.8 Å². The van der Waals surface area contributed by atoms with E-state index in [1.54, 1.807) is 38.7 Å². The molecule has 2 aliphatic rings. The standard InChI is InChI=1S/C31H31NO6S/c1-18-28(31(34)38-17-19-7-10-22(35-2)11-8-19)29(20-9-12-25(36-3)26(16-20)37-4)30-23(32-18)14-21(15-24(30)33)27-6-5-13-39-27/h5-14,16,21,29-30,32H,15,17H2,1-4H3. The van der Waals surface area contributed by atoms with Crippen molar-refractivity contribution in [3.8, 4) is 17.2 Å². The number of thiophene rings is 1. The van der Waals surface area contributed by atoms with Gasteiger partial charge < -0.3 is 24.3 Å². The maximum absolute atomic E-state index is 13.8. The fourth-order valence-electron chi connectivity index (χ4n) is 5.38. The first-order valence-corrected chi connectivity index (χ1v) is 13.6. The first-order chi connectivity index (χ1) is 18.9. The Kier molecular flexibility index (Phi) is 7.74. The van der Waals surface area contributed by atoms with Gasteiger partial charge >= 0.3 is 5.97 Å². The molecular formula is C31H31NO6S. The minimum Gasteiger partial charge on any atom is -0.497 e. The van der Waals surface area contributed by atoms with Crippen LogP contribution in [0.2, 0.25) is 0 Å². The maximum atomic E-state index is 13.8. The van der Waals surface area contributed by atoms with Crippen molar-refractivity contribution >= 4 is 23.1 Å². The van der Waals surface area contributed by atoms with E-state index >= 15 is 0 Å². The van der Waals surface area contributed by atoms with E-state index in [0.29, 0.717) is 29.2 Å². The average molecular weight is 546 g/mol. The predicted molar refractivity (Wildman–Crippen MR) is 149 cm³/mol. The number of fused-ring (bicyclic) bond motifs is 1. The summed E-state index contributed by atoms with van der Waals surface area (Å²) in [5.41, 5.74) is 3.52. The number of benzene rings is 2. The lowest BCUT2D eigenvalue weighted by Crippen LogP contribution is -2.41.